The third kappa shape index (κ3) is 15.1. The molecule has 2 fully saturated rings. The van der Waals surface area contributed by atoms with Crippen LogP contribution in [0.25, 0.3) is 0 Å². The van der Waals surface area contributed by atoms with Crippen LogP contribution >= 0.6 is 0 Å². The molecule has 0 bridgehead atoms. The Balaban J connectivity index is 0.00000925. The number of unbranched alkanes of at least 4 members (excludes halogenated alkanes) is 1. The van der Waals surface area contributed by atoms with E-state index in [4.69, 9.17) is 52.8 Å². The summed E-state index contributed by atoms with van der Waals surface area (Å²) in [6.45, 7) is 10.2. The molecule has 0 spiro atoms. The van der Waals surface area contributed by atoms with E-state index in [1.807, 2.05) is 33.4 Å². The fourth-order valence-electron chi connectivity index (χ4n) is 7.26. The second-order valence-corrected chi connectivity index (χ2v) is 15.7. The fraction of sp³-hybridized carbons (Fsp3) is 0.725. The van der Waals surface area contributed by atoms with Crippen LogP contribution in [0, 0.1) is 18.3 Å². The lowest BCUT2D eigenvalue weighted by molar-refractivity contribution is -0.137. The van der Waals surface area contributed by atoms with Crippen molar-refractivity contribution in [3.8, 4) is 12.3 Å². The van der Waals surface area contributed by atoms with Crippen LogP contribution in [-0.4, -0.2) is 195 Å². The van der Waals surface area contributed by atoms with Gasteiger partial charge >= 0.3 is 0 Å². The molecule has 25 heteroatoms. The average molecular weight is 934 g/mol. The lowest BCUT2D eigenvalue weighted by atomic mass is 9.97. The number of hydrogen-bond acceptors (Lipinski definition) is 20. The zero-order valence-corrected chi connectivity index (χ0v) is 38.3. The highest BCUT2D eigenvalue weighted by molar-refractivity contribution is 5.81. The monoisotopic (exact) mass is 933 g/mol. The van der Waals surface area contributed by atoms with E-state index in [1.165, 1.54) is 4.68 Å². The van der Waals surface area contributed by atoms with Crippen molar-refractivity contribution in [1.29, 1.82) is 0 Å². The van der Waals surface area contributed by atoms with E-state index in [9.17, 15) is 19.8 Å². The van der Waals surface area contributed by atoms with E-state index >= 15 is 0 Å². The molecule has 0 aliphatic carbocycles. The Hall–Kier alpha value is -4.84. The van der Waals surface area contributed by atoms with Gasteiger partial charge in [0.15, 0.2) is 0 Å². The molecule has 2 aliphatic rings. The van der Waals surface area contributed by atoms with Gasteiger partial charge in [0.2, 0.25) is 29.7 Å². The Morgan fingerprint density at radius 3 is 1.85 bits per heavy atom. The van der Waals surface area contributed by atoms with Crippen molar-refractivity contribution in [3.63, 3.8) is 0 Å². The Bertz CT molecular complexity index is 1900. The molecule has 0 saturated carbocycles. The van der Waals surface area contributed by atoms with Gasteiger partial charge in [-0.1, -0.05) is 36.6 Å². The first kappa shape index (κ1) is 52.8. The molecule has 5 rings (SSSR count). The molecule has 2 saturated heterocycles. The SMILES string of the molecule is C#CCOCCOCCOCCNc1nc(N2CCN(C(=O)C(CCCCN)n3cc(C(N)CO)nn3)CC2)nc(N2CCN(C(=O)C(C(C)CC)n3cc(C(N)CO)nn3)CC2)n1.[Cl-]. The van der Waals surface area contributed by atoms with Gasteiger partial charge in [-0.3, -0.25) is 9.59 Å². The van der Waals surface area contributed by atoms with Crippen LogP contribution in [0.15, 0.2) is 12.4 Å². The fourth-order valence-corrected chi connectivity index (χ4v) is 7.26. The van der Waals surface area contributed by atoms with Crippen molar-refractivity contribution in [1.82, 2.24) is 54.7 Å². The minimum atomic E-state index is -0.698. The molecule has 24 nitrogen and oxygen atoms in total. The predicted octanol–water partition coefficient (Wildman–Crippen LogP) is -4.91. The highest BCUT2D eigenvalue weighted by Gasteiger charge is 2.35. The van der Waals surface area contributed by atoms with Crippen LogP contribution in [0.4, 0.5) is 17.8 Å². The third-order valence-electron chi connectivity index (χ3n) is 11.3. The summed E-state index contributed by atoms with van der Waals surface area (Å²) in [5.74, 6) is 3.50. The lowest BCUT2D eigenvalue weighted by Gasteiger charge is -2.38. The second kappa shape index (κ2) is 27.6. The van der Waals surface area contributed by atoms with E-state index in [-0.39, 0.29) is 50.0 Å². The number of ether oxygens (including phenoxy) is 3. The molecular formula is C40H67ClN17O7-. The molecule has 5 heterocycles. The van der Waals surface area contributed by atoms with E-state index < -0.39 is 24.2 Å². The molecule has 5 unspecified atom stereocenters. The lowest BCUT2D eigenvalue weighted by Crippen LogP contribution is -3.00. The van der Waals surface area contributed by atoms with E-state index in [0.717, 1.165) is 19.3 Å². The highest BCUT2D eigenvalue weighted by atomic mass is 35.5. The summed E-state index contributed by atoms with van der Waals surface area (Å²) < 4.78 is 19.6. The third-order valence-corrected chi connectivity index (χ3v) is 11.3. The standard InChI is InChI=1S/C40H67N17O7.ClH/c1-4-19-62-21-23-64-24-22-63-20-10-44-38-45-39(54-15-11-52(12-16-54)36(60)34(8-6-7-9-41)56-25-32(48-50-56)30(42)27-58)47-40(46-38)55-17-13-53(14-18-55)37(61)35(29(3)5-2)57-26-33(49-51-57)31(43)28-59;/h1,25-26,29-31,34-35,58-59H,5-24,27-28,41-43H2,2-3H3,(H,44,45,46,47);1H/p-1. The van der Waals surface area contributed by atoms with Crippen molar-refractivity contribution < 1.29 is 46.4 Å². The number of hydrogen-bond donors (Lipinski definition) is 6. The van der Waals surface area contributed by atoms with Crippen LogP contribution in [0.5, 0.6) is 0 Å². The molecule has 3 aromatic heterocycles. The summed E-state index contributed by atoms with van der Waals surface area (Å²) in [5, 5.41) is 39.0. The number of aromatic nitrogens is 9. The molecule has 0 aromatic carbocycles. The number of aliphatic hydroxyl groups is 2. The smallest absolute Gasteiger partial charge is 0.247 e. The average Bonchev–Trinajstić information content (AvgIpc) is 4.03. The van der Waals surface area contributed by atoms with Gasteiger partial charge in [-0.15, -0.1) is 16.6 Å². The molecular weight excluding hydrogens is 866 g/mol. The molecule has 2 aliphatic heterocycles. The molecule has 9 N–H and O–H groups in total. The molecule has 362 valence electrons. The molecule has 65 heavy (non-hydrogen) atoms. The number of nitrogens with one attached hydrogen (secondary N) is 1. The summed E-state index contributed by atoms with van der Waals surface area (Å²) >= 11 is 0. The summed E-state index contributed by atoms with van der Waals surface area (Å²) in [6, 6.07) is -2.58. The van der Waals surface area contributed by atoms with Gasteiger partial charge < -0.3 is 78.9 Å². The number of carbonyl (C=O) groups excluding carboxylic acids is 2. The number of nitrogens with zero attached hydrogens (tertiary/aromatic N) is 13. The van der Waals surface area contributed by atoms with E-state index in [2.05, 4.69) is 31.9 Å². The summed E-state index contributed by atoms with van der Waals surface area (Å²) in [4.78, 5) is 50.4. The second-order valence-electron chi connectivity index (χ2n) is 15.7. The number of anilines is 3. The molecule has 5 atom stereocenters. The van der Waals surface area contributed by atoms with Gasteiger partial charge in [0, 0.05) is 58.9 Å². The minimum absolute atomic E-state index is 0. The predicted molar refractivity (Wildman–Crippen MR) is 236 cm³/mol. The van der Waals surface area contributed by atoms with Crippen molar-refractivity contribution in [2.45, 2.75) is 63.7 Å². The van der Waals surface area contributed by atoms with Gasteiger partial charge in [0.25, 0.3) is 0 Å². The number of aliphatic hydroxyl groups excluding tert-OH is 2. The minimum Gasteiger partial charge on any atom is -1.00 e. The van der Waals surface area contributed by atoms with Crippen LogP contribution in [0.2, 0.25) is 0 Å². The largest absolute Gasteiger partial charge is 1.00 e. The number of carbonyl (C=O) groups is 2. The molecule has 0 radical (unpaired) electrons. The van der Waals surface area contributed by atoms with Crippen LogP contribution in [0.1, 0.15) is 75.1 Å². The molecule has 3 aromatic rings. The Labute approximate surface area is 386 Å². The van der Waals surface area contributed by atoms with Crippen molar-refractivity contribution in [3.05, 3.63) is 23.8 Å². The first-order valence-corrected chi connectivity index (χ1v) is 22.1. The van der Waals surface area contributed by atoms with Crippen molar-refractivity contribution >= 4 is 29.7 Å². The van der Waals surface area contributed by atoms with Crippen molar-refractivity contribution in [2.75, 3.05) is 133 Å². The van der Waals surface area contributed by atoms with Crippen LogP contribution in [0.3, 0.4) is 0 Å². The first-order chi connectivity index (χ1) is 31.1. The number of halogens is 1. The quantitative estimate of drug-likeness (QED) is 0.0308. The number of amides is 2. The Morgan fingerprint density at radius 1 is 0.785 bits per heavy atom. The normalized spacial score (nSPS) is 16.6. The zero-order valence-electron chi connectivity index (χ0n) is 37.5. The molecule has 2 amide bonds. The topological polar surface area (TPSA) is 305 Å². The highest BCUT2D eigenvalue weighted by Crippen LogP contribution is 2.27. The van der Waals surface area contributed by atoms with Gasteiger partial charge in [-0.2, -0.15) is 15.0 Å². The Morgan fingerprint density at radius 2 is 1.31 bits per heavy atom. The number of nitrogens with two attached hydrogens (primary N) is 3. The number of terminal acetylenes is 1. The van der Waals surface area contributed by atoms with E-state index in [1.54, 1.807) is 17.1 Å². The number of piperazine rings is 2. The first-order valence-electron chi connectivity index (χ1n) is 22.1. The van der Waals surface area contributed by atoms with Crippen LogP contribution < -0.4 is 44.7 Å². The number of rotatable bonds is 27. The Kier molecular flexibility index (Phi) is 22.4. The summed E-state index contributed by atoms with van der Waals surface area (Å²) in [5.41, 5.74) is 18.6. The van der Waals surface area contributed by atoms with Gasteiger partial charge in [0.1, 0.15) is 30.1 Å². The maximum Gasteiger partial charge on any atom is 0.247 e. The maximum atomic E-state index is 14.1. The maximum absolute atomic E-state index is 14.1. The van der Waals surface area contributed by atoms with Crippen molar-refractivity contribution in [2.24, 2.45) is 23.1 Å². The van der Waals surface area contributed by atoms with E-state index in [0.29, 0.717) is 134 Å². The van der Waals surface area contributed by atoms with Gasteiger partial charge in [-0.25, -0.2) is 9.36 Å². The zero-order chi connectivity index (χ0) is 45.8. The summed E-state index contributed by atoms with van der Waals surface area (Å²) in [7, 11) is 0. The summed E-state index contributed by atoms with van der Waals surface area (Å²) in [6.07, 6.45) is 11.2. The van der Waals surface area contributed by atoms with Gasteiger partial charge in [-0.05, 0) is 31.7 Å². The van der Waals surface area contributed by atoms with Crippen LogP contribution in [-0.2, 0) is 23.8 Å². The van der Waals surface area contributed by atoms with Gasteiger partial charge in [0.05, 0.1) is 70.7 Å².